The van der Waals surface area contributed by atoms with Crippen molar-refractivity contribution in [3.8, 4) is 0 Å². The van der Waals surface area contributed by atoms with Gasteiger partial charge in [-0.15, -0.1) is 0 Å². The summed E-state index contributed by atoms with van der Waals surface area (Å²) in [4.78, 5) is 178. The van der Waals surface area contributed by atoms with Crippen molar-refractivity contribution in [3.63, 3.8) is 0 Å². The van der Waals surface area contributed by atoms with Gasteiger partial charge >= 0.3 is 83.6 Å². The van der Waals surface area contributed by atoms with Gasteiger partial charge in [0.2, 0.25) is 0 Å². The molecule has 4 rings (SSSR count). The normalized spacial score (nSPS) is 31.9. The van der Waals surface area contributed by atoms with Gasteiger partial charge in [-0.1, -0.05) is 11.8 Å². The molecule has 0 N–H and O–H groups in total. The molecule has 0 aliphatic carbocycles. The molecule has 35 heteroatoms. The molecule has 4 aliphatic heterocycles. The average molecular weight is 1270 g/mol. The van der Waals surface area contributed by atoms with Crippen LogP contribution in [-0.4, -0.2) is 231 Å². The standard InChI is InChI=1S/C52H70O34S/c1-19(53)67-15-33-37(71-23(5)57)41(73-25(7)59)45(77-29(11)63)49(81-33)85-39-35(17-69-21(3)55)83-51(47(79-31(13)65)43(39)75-27(9)61)87-52-48(80-32(14)66)44(76-28(10)62)40(36(84-52)18-70-22(4)56)86-50-46(78-30(12)64)42(74-26(8)60)38(72-24(6)58)34(82-50)16-68-20(2)54/h33-52H,15-18H2,1-14H3/t33-,34-,35-,36-,37-,38-,39-,40-,41+,42+,43+,44+,45-,46-,47-,48-,49-,50-,51+,52+/m1/s1. The summed E-state index contributed by atoms with van der Waals surface area (Å²) in [7, 11) is 0. The summed E-state index contributed by atoms with van der Waals surface area (Å²) in [5, 5.41) is 0. The Labute approximate surface area is 500 Å². The monoisotopic (exact) mass is 1270 g/mol. The second-order valence-corrected chi connectivity index (χ2v) is 20.7. The first-order chi connectivity index (χ1) is 40.6. The lowest BCUT2D eigenvalue weighted by atomic mass is 9.96. The maximum absolute atomic E-state index is 13.3. The van der Waals surface area contributed by atoms with Crippen LogP contribution in [0.25, 0.3) is 0 Å². The predicted octanol–water partition coefficient (Wildman–Crippen LogP) is -1.04. The number of ether oxygens (including phenoxy) is 20. The molecule has 34 nitrogen and oxygen atoms in total. The minimum absolute atomic E-state index is 0.456. The van der Waals surface area contributed by atoms with Crippen LogP contribution in [0.1, 0.15) is 96.9 Å². The third-order valence-corrected chi connectivity index (χ3v) is 13.3. The minimum atomic E-state index is -2.06. The zero-order chi connectivity index (χ0) is 65.3. The summed E-state index contributed by atoms with van der Waals surface area (Å²) in [6, 6.07) is 0. The molecular weight excluding hydrogens is 1200 g/mol. The molecule has 4 fully saturated rings. The van der Waals surface area contributed by atoms with E-state index in [0.717, 1.165) is 96.9 Å². The molecule has 0 spiro atoms. The largest absolute Gasteiger partial charge is 0.463 e. The Kier molecular flexibility index (Phi) is 27.5. The Morgan fingerprint density at radius 2 is 0.437 bits per heavy atom. The number of hydrogen-bond donors (Lipinski definition) is 0. The van der Waals surface area contributed by atoms with Gasteiger partial charge in [-0.25, -0.2) is 0 Å². The molecule has 0 unspecified atom stereocenters. The maximum Gasteiger partial charge on any atom is 0.303 e. The van der Waals surface area contributed by atoms with Crippen molar-refractivity contribution in [2.45, 2.75) is 218 Å². The van der Waals surface area contributed by atoms with Crippen molar-refractivity contribution in [2.75, 3.05) is 26.4 Å². The van der Waals surface area contributed by atoms with Crippen LogP contribution in [0.4, 0.5) is 0 Å². The topological polar surface area (TPSA) is 424 Å². The van der Waals surface area contributed by atoms with Crippen molar-refractivity contribution in [1.82, 2.24) is 0 Å². The molecule has 20 atom stereocenters. The maximum atomic E-state index is 13.3. The van der Waals surface area contributed by atoms with Gasteiger partial charge in [0.1, 0.15) is 73.9 Å². The number of hydrogen-bond acceptors (Lipinski definition) is 35. The van der Waals surface area contributed by atoms with Crippen molar-refractivity contribution in [1.29, 1.82) is 0 Å². The molecule has 4 saturated heterocycles. The van der Waals surface area contributed by atoms with Gasteiger partial charge in [-0.2, -0.15) is 0 Å². The Hall–Kier alpha value is -7.31. The third kappa shape index (κ3) is 22.1. The molecule has 0 aromatic heterocycles. The van der Waals surface area contributed by atoms with E-state index in [-0.39, 0.29) is 0 Å². The molecule has 0 radical (unpaired) electrons. The van der Waals surface area contributed by atoms with E-state index in [2.05, 4.69) is 0 Å². The molecular formula is C52H70O34S. The highest BCUT2D eigenvalue weighted by molar-refractivity contribution is 8.00. The zero-order valence-corrected chi connectivity index (χ0v) is 50.5. The van der Waals surface area contributed by atoms with Crippen molar-refractivity contribution >= 4 is 95.3 Å². The summed E-state index contributed by atoms with van der Waals surface area (Å²) < 4.78 is 116. The first-order valence-corrected chi connectivity index (χ1v) is 27.4. The average Bonchev–Trinajstić information content (AvgIpc) is 0.947. The fraction of sp³-hybridized carbons (Fsp3) is 0.731. The van der Waals surface area contributed by atoms with Crippen LogP contribution in [-0.2, 0) is 162 Å². The SMILES string of the molecule is CC(=O)OC[C@H]1O[C@@H](S[C@@H]2O[C@H](COC(C)=O)[C@@H](O[C@H]3O[C@H](COC(C)=O)[C@@H](OC(C)=O)[C@H](OC(C)=O)[C@H]3OC(C)=O)[C@H](OC(C)=O)[C@H]2OC(C)=O)[C@H](OC(C)=O)[C@@H](OC(C)=O)[C@@H]1O[C@H]1O[C@H](COC(C)=O)[C@@H](OC(C)=O)[C@H](OC(C)=O)[C@H]1OC(C)=O. The highest BCUT2D eigenvalue weighted by Gasteiger charge is 2.61. The lowest BCUT2D eigenvalue weighted by Gasteiger charge is -2.50. The Morgan fingerprint density at radius 3 is 0.667 bits per heavy atom. The molecule has 0 aromatic carbocycles. The number of carbonyl (C=O) groups excluding carboxylic acids is 14. The summed E-state index contributed by atoms with van der Waals surface area (Å²) in [5.41, 5.74) is -3.64. The van der Waals surface area contributed by atoms with E-state index < -0.39 is 231 Å². The molecule has 4 aliphatic rings. The molecule has 0 amide bonds. The fourth-order valence-electron chi connectivity index (χ4n) is 9.30. The van der Waals surface area contributed by atoms with E-state index in [1.807, 2.05) is 0 Å². The molecule has 0 saturated carbocycles. The van der Waals surface area contributed by atoms with E-state index in [1.165, 1.54) is 0 Å². The number of esters is 14. The zero-order valence-electron chi connectivity index (χ0n) is 49.7. The Bertz CT molecular complexity index is 2370. The van der Waals surface area contributed by atoms with E-state index in [4.69, 9.17) is 94.7 Å². The molecule has 488 valence electrons. The Morgan fingerprint density at radius 1 is 0.241 bits per heavy atom. The number of rotatable bonds is 24. The van der Waals surface area contributed by atoms with Crippen LogP contribution in [0.3, 0.4) is 0 Å². The fourth-order valence-corrected chi connectivity index (χ4v) is 10.7. The predicted molar refractivity (Wildman–Crippen MR) is 274 cm³/mol. The minimum Gasteiger partial charge on any atom is -0.463 e. The third-order valence-electron chi connectivity index (χ3n) is 12.0. The smallest absolute Gasteiger partial charge is 0.303 e. The summed E-state index contributed by atoms with van der Waals surface area (Å²) in [6.45, 7) is 10.3. The van der Waals surface area contributed by atoms with E-state index in [0.29, 0.717) is 11.8 Å². The van der Waals surface area contributed by atoms with Crippen molar-refractivity contribution in [3.05, 3.63) is 0 Å². The van der Waals surface area contributed by atoms with E-state index in [9.17, 15) is 67.1 Å². The van der Waals surface area contributed by atoms with Crippen LogP contribution in [0.2, 0.25) is 0 Å². The van der Waals surface area contributed by atoms with E-state index >= 15 is 0 Å². The van der Waals surface area contributed by atoms with Crippen LogP contribution in [0.5, 0.6) is 0 Å². The second-order valence-electron chi connectivity index (χ2n) is 19.5. The van der Waals surface area contributed by atoms with Gasteiger partial charge in [-0.3, -0.25) is 67.1 Å². The first-order valence-electron chi connectivity index (χ1n) is 26.5. The lowest BCUT2D eigenvalue weighted by Crippen LogP contribution is -2.68. The highest BCUT2D eigenvalue weighted by Crippen LogP contribution is 2.44. The van der Waals surface area contributed by atoms with Gasteiger partial charge in [-0.05, 0) is 0 Å². The molecule has 87 heavy (non-hydrogen) atoms. The summed E-state index contributed by atoms with van der Waals surface area (Å²) in [6.07, 6.45) is -33.4. The first kappa shape index (κ1) is 72.2. The van der Waals surface area contributed by atoms with Crippen molar-refractivity contribution < 1.29 is 162 Å². The molecule has 4 heterocycles. The second kappa shape index (κ2) is 33.2. The number of thioether (sulfide) groups is 1. The van der Waals surface area contributed by atoms with Gasteiger partial charge in [0.25, 0.3) is 0 Å². The van der Waals surface area contributed by atoms with Gasteiger partial charge in [0, 0.05) is 96.9 Å². The summed E-state index contributed by atoms with van der Waals surface area (Å²) >= 11 is 0.456. The van der Waals surface area contributed by atoms with Gasteiger partial charge < -0.3 is 94.7 Å². The Balaban J connectivity index is 1.97. The van der Waals surface area contributed by atoms with Crippen LogP contribution >= 0.6 is 11.8 Å². The van der Waals surface area contributed by atoms with Gasteiger partial charge in [0.05, 0.1) is 0 Å². The summed E-state index contributed by atoms with van der Waals surface area (Å²) in [5.74, 6) is -14.1. The molecule has 0 bridgehead atoms. The van der Waals surface area contributed by atoms with Crippen LogP contribution in [0, 0.1) is 0 Å². The quantitative estimate of drug-likeness (QED) is 0.0822. The van der Waals surface area contributed by atoms with Crippen molar-refractivity contribution in [2.24, 2.45) is 0 Å². The lowest BCUT2D eigenvalue weighted by molar-refractivity contribution is -0.342. The van der Waals surface area contributed by atoms with Crippen LogP contribution in [0.15, 0.2) is 0 Å². The van der Waals surface area contributed by atoms with Gasteiger partial charge in [0.15, 0.2) is 73.6 Å². The highest BCUT2D eigenvalue weighted by atomic mass is 32.2. The molecule has 0 aromatic rings. The van der Waals surface area contributed by atoms with E-state index in [1.54, 1.807) is 0 Å². The van der Waals surface area contributed by atoms with Crippen LogP contribution < -0.4 is 0 Å². The number of carbonyl (C=O) groups is 14.